The zero-order valence-corrected chi connectivity index (χ0v) is 13.5. The van der Waals surface area contributed by atoms with Crippen LogP contribution in [0.25, 0.3) is 0 Å². The van der Waals surface area contributed by atoms with Crippen LogP contribution in [0.1, 0.15) is 34.6 Å². The maximum Gasteiger partial charge on any atom is 0.254 e. The summed E-state index contributed by atoms with van der Waals surface area (Å²) in [6, 6.07) is 3.24. The Hall–Kier alpha value is -1.59. The zero-order valence-electron chi connectivity index (χ0n) is 12.0. The molecule has 0 fully saturated rings. The third-order valence-corrected chi connectivity index (χ3v) is 3.88. The lowest BCUT2D eigenvalue weighted by Gasteiger charge is -2.19. The van der Waals surface area contributed by atoms with Crippen molar-refractivity contribution in [3.05, 3.63) is 45.0 Å². The summed E-state index contributed by atoms with van der Waals surface area (Å²) in [4.78, 5) is 18.2. The second kappa shape index (κ2) is 6.45. The molecule has 0 spiro atoms. The van der Waals surface area contributed by atoms with Gasteiger partial charge in [-0.1, -0.05) is 28.4 Å². The Labute approximate surface area is 132 Å². The molecule has 7 heteroatoms. The first kappa shape index (κ1) is 15.8. The predicted octanol–water partition coefficient (Wildman–Crippen LogP) is 3.66. The molecular weight excluding hydrogens is 313 g/mol. The van der Waals surface area contributed by atoms with Gasteiger partial charge in [0.15, 0.2) is 5.82 Å². The van der Waals surface area contributed by atoms with E-state index in [0.29, 0.717) is 33.9 Å². The Morgan fingerprint density at radius 2 is 1.90 bits per heavy atom. The summed E-state index contributed by atoms with van der Waals surface area (Å²) in [5, 5.41) is 4.65. The molecule has 0 saturated heterocycles. The summed E-state index contributed by atoms with van der Waals surface area (Å²) < 4.78 is 5.04. The third kappa shape index (κ3) is 3.54. The first-order valence-electron chi connectivity index (χ1n) is 6.46. The van der Waals surface area contributed by atoms with Crippen molar-refractivity contribution in [1.29, 1.82) is 0 Å². The van der Waals surface area contributed by atoms with Crippen LogP contribution in [0.3, 0.4) is 0 Å². The fraction of sp³-hybridized carbons (Fsp3) is 0.357. The maximum absolute atomic E-state index is 12.5. The number of benzene rings is 1. The molecule has 1 aromatic heterocycles. The molecule has 0 bridgehead atoms. The molecule has 1 amide bonds. The van der Waals surface area contributed by atoms with E-state index in [1.54, 1.807) is 30.9 Å². The Balaban J connectivity index is 2.24. The van der Waals surface area contributed by atoms with E-state index in [4.69, 9.17) is 27.7 Å². The highest BCUT2D eigenvalue weighted by Crippen LogP contribution is 2.26. The van der Waals surface area contributed by atoms with Crippen LogP contribution < -0.4 is 0 Å². The van der Waals surface area contributed by atoms with Crippen molar-refractivity contribution in [2.75, 3.05) is 6.54 Å². The van der Waals surface area contributed by atoms with E-state index in [2.05, 4.69) is 10.1 Å². The molecule has 21 heavy (non-hydrogen) atoms. The normalized spacial score (nSPS) is 10.7. The fourth-order valence-corrected chi connectivity index (χ4v) is 2.33. The van der Waals surface area contributed by atoms with Crippen LogP contribution in [0.5, 0.6) is 0 Å². The minimum Gasteiger partial charge on any atom is -0.337 e. The molecule has 5 nitrogen and oxygen atoms in total. The Morgan fingerprint density at radius 1 is 1.29 bits per heavy atom. The molecule has 0 aliphatic rings. The maximum atomic E-state index is 12.5. The van der Waals surface area contributed by atoms with Gasteiger partial charge in [0, 0.05) is 22.2 Å². The molecule has 2 aromatic rings. The fourth-order valence-electron chi connectivity index (χ4n) is 1.85. The van der Waals surface area contributed by atoms with Crippen molar-refractivity contribution in [1.82, 2.24) is 15.0 Å². The predicted molar refractivity (Wildman–Crippen MR) is 80.6 cm³/mol. The number of carbonyl (C=O) groups is 1. The van der Waals surface area contributed by atoms with Crippen LogP contribution in [0.2, 0.25) is 10.0 Å². The van der Waals surface area contributed by atoms with Crippen LogP contribution in [0.4, 0.5) is 0 Å². The van der Waals surface area contributed by atoms with Gasteiger partial charge in [-0.15, -0.1) is 0 Å². The molecule has 0 aliphatic carbocycles. The van der Waals surface area contributed by atoms with E-state index in [-0.39, 0.29) is 12.5 Å². The summed E-state index contributed by atoms with van der Waals surface area (Å²) >= 11 is 12.2. The van der Waals surface area contributed by atoms with Crippen LogP contribution >= 0.6 is 23.2 Å². The number of hydrogen-bond donors (Lipinski definition) is 0. The SMILES string of the molecule is CCN(Cc1nc(C)no1)C(=O)c1cc(Cl)c(C)c(Cl)c1. The molecule has 2 rings (SSSR count). The molecule has 0 atom stereocenters. The standard InChI is InChI=1S/C14H15Cl2N3O2/c1-4-19(7-13-17-9(3)18-21-13)14(20)10-5-11(15)8(2)12(16)6-10/h5-6H,4,7H2,1-3H3. The molecule has 1 heterocycles. The molecule has 0 radical (unpaired) electrons. The molecule has 0 N–H and O–H groups in total. The summed E-state index contributed by atoms with van der Waals surface area (Å²) in [7, 11) is 0. The van der Waals surface area contributed by atoms with Gasteiger partial charge in [-0.25, -0.2) is 0 Å². The van der Waals surface area contributed by atoms with E-state index in [0.717, 1.165) is 5.56 Å². The summed E-state index contributed by atoms with van der Waals surface area (Å²) in [5.74, 6) is 0.749. The molecule has 0 saturated carbocycles. The molecule has 1 aromatic carbocycles. The van der Waals surface area contributed by atoms with Gasteiger partial charge in [0.25, 0.3) is 5.91 Å². The summed E-state index contributed by atoms with van der Waals surface area (Å²) in [6.45, 7) is 6.16. The Kier molecular flexibility index (Phi) is 4.85. The molecular formula is C14H15Cl2N3O2. The van der Waals surface area contributed by atoms with Gasteiger partial charge in [-0.05, 0) is 38.5 Å². The Bertz CT molecular complexity index is 647. The number of aryl methyl sites for hydroxylation is 1. The second-order valence-corrected chi connectivity index (χ2v) is 5.43. The number of aromatic nitrogens is 2. The summed E-state index contributed by atoms with van der Waals surface area (Å²) in [6.07, 6.45) is 0. The highest BCUT2D eigenvalue weighted by molar-refractivity contribution is 6.36. The van der Waals surface area contributed by atoms with Gasteiger partial charge in [0.05, 0.1) is 0 Å². The van der Waals surface area contributed by atoms with E-state index < -0.39 is 0 Å². The minimum atomic E-state index is -0.183. The van der Waals surface area contributed by atoms with Gasteiger partial charge in [-0.3, -0.25) is 4.79 Å². The second-order valence-electron chi connectivity index (χ2n) is 4.62. The van der Waals surface area contributed by atoms with Crippen molar-refractivity contribution in [2.24, 2.45) is 0 Å². The van der Waals surface area contributed by atoms with E-state index in [9.17, 15) is 4.79 Å². The van der Waals surface area contributed by atoms with Crippen LogP contribution in [0, 0.1) is 13.8 Å². The number of halogens is 2. The van der Waals surface area contributed by atoms with Crippen molar-refractivity contribution >= 4 is 29.1 Å². The van der Waals surface area contributed by atoms with Gasteiger partial charge in [0.2, 0.25) is 5.89 Å². The number of rotatable bonds is 4. The molecule has 0 unspecified atom stereocenters. The lowest BCUT2D eigenvalue weighted by molar-refractivity contribution is 0.0734. The van der Waals surface area contributed by atoms with Crippen LogP contribution in [-0.2, 0) is 6.54 Å². The van der Waals surface area contributed by atoms with Gasteiger partial charge in [-0.2, -0.15) is 4.98 Å². The van der Waals surface area contributed by atoms with E-state index in [1.165, 1.54) is 0 Å². The first-order valence-corrected chi connectivity index (χ1v) is 7.22. The summed E-state index contributed by atoms with van der Waals surface area (Å²) in [5.41, 5.74) is 1.19. The number of amides is 1. The lowest BCUT2D eigenvalue weighted by Crippen LogP contribution is -2.30. The highest BCUT2D eigenvalue weighted by Gasteiger charge is 2.19. The number of carbonyl (C=O) groups excluding carboxylic acids is 1. The van der Waals surface area contributed by atoms with E-state index >= 15 is 0 Å². The largest absolute Gasteiger partial charge is 0.337 e. The topological polar surface area (TPSA) is 59.2 Å². The first-order chi connectivity index (χ1) is 9.92. The highest BCUT2D eigenvalue weighted by atomic mass is 35.5. The molecule has 0 aliphatic heterocycles. The monoisotopic (exact) mass is 327 g/mol. The zero-order chi connectivity index (χ0) is 15.6. The average molecular weight is 328 g/mol. The Morgan fingerprint density at radius 3 is 2.38 bits per heavy atom. The minimum absolute atomic E-state index is 0.183. The van der Waals surface area contributed by atoms with Crippen molar-refractivity contribution in [3.8, 4) is 0 Å². The van der Waals surface area contributed by atoms with E-state index in [1.807, 2.05) is 6.92 Å². The average Bonchev–Trinajstić information content (AvgIpc) is 2.86. The van der Waals surface area contributed by atoms with Crippen molar-refractivity contribution in [2.45, 2.75) is 27.3 Å². The number of hydrogen-bond acceptors (Lipinski definition) is 4. The quantitative estimate of drug-likeness (QED) is 0.859. The lowest BCUT2D eigenvalue weighted by atomic mass is 10.1. The van der Waals surface area contributed by atoms with Gasteiger partial charge >= 0.3 is 0 Å². The van der Waals surface area contributed by atoms with Gasteiger partial charge in [0.1, 0.15) is 6.54 Å². The smallest absolute Gasteiger partial charge is 0.254 e. The number of nitrogens with zero attached hydrogens (tertiary/aromatic N) is 3. The van der Waals surface area contributed by atoms with Gasteiger partial charge < -0.3 is 9.42 Å². The van der Waals surface area contributed by atoms with Crippen molar-refractivity contribution < 1.29 is 9.32 Å². The van der Waals surface area contributed by atoms with Crippen LogP contribution in [0.15, 0.2) is 16.7 Å². The van der Waals surface area contributed by atoms with Crippen LogP contribution in [-0.4, -0.2) is 27.5 Å². The third-order valence-electron chi connectivity index (χ3n) is 3.09. The van der Waals surface area contributed by atoms with Crippen molar-refractivity contribution in [3.63, 3.8) is 0 Å². The molecule has 112 valence electrons.